The van der Waals surface area contributed by atoms with E-state index in [4.69, 9.17) is 14.5 Å². The van der Waals surface area contributed by atoms with Crippen molar-refractivity contribution in [2.75, 3.05) is 18.9 Å². The smallest absolute Gasteiger partial charge is 0.335 e. The molecule has 0 aliphatic rings. The van der Waals surface area contributed by atoms with E-state index >= 15 is 0 Å². The van der Waals surface area contributed by atoms with Crippen LogP contribution in [-0.2, 0) is 13.9 Å². The maximum atomic E-state index is 11.4. The topological polar surface area (TPSA) is 104 Å². The minimum atomic E-state index is -4.49. The number of rotatable bonds is 9. The molecule has 0 saturated heterocycles. The zero-order chi connectivity index (χ0) is 15.8. The van der Waals surface area contributed by atoms with Crippen molar-refractivity contribution in [1.82, 2.24) is 0 Å². The molecule has 3 N–H and O–H groups in total. The predicted octanol–water partition coefficient (Wildman–Crippen LogP) is 3.06. The monoisotopic (exact) mass is 326 g/mol. The molecule has 0 rings (SSSR count). The first-order valence-electron chi connectivity index (χ1n) is 6.24. The first kappa shape index (κ1) is 19.8. The standard InChI is InChI=1S/C12H24O6P2/c1-11(2)5-4-6-12(3)7-8-18-9-19(13,14)10-20(15,16)17/h5,7H,4,6,8-10H2,1-3H3,(H,13,14)(H2,15,16,17). The summed E-state index contributed by atoms with van der Waals surface area (Å²) in [7, 11) is -8.43. The van der Waals surface area contributed by atoms with E-state index in [0.717, 1.165) is 18.4 Å². The molecule has 0 radical (unpaired) electrons. The van der Waals surface area contributed by atoms with E-state index in [2.05, 4.69) is 6.08 Å². The maximum Gasteiger partial charge on any atom is 0.335 e. The third-order valence-electron chi connectivity index (χ3n) is 2.34. The Morgan fingerprint density at radius 3 is 2.20 bits per heavy atom. The molecular weight excluding hydrogens is 302 g/mol. The number of ether oxygens (including phenoxy) is 1. The second-order valence-electron chi connectivity index (χ2n) is 5.02. The van der Waals surface area contributed by atoms with Gasteiger partial charge in [0.1, 0.15) is 12.3 Å². The van der Waals surface area contributed by atoms with E-state index in [0.29, 0.717) is 0 Å². The summed E-state index contributed by atoms with van der Waals surface area (Å²) in [6, 6.07) is 0. The van der Waals surface area contributed by atoms with Crippen LogP contribution >= 0.6 is 15.0 Å². The lowest BCUT2D eigenvalue weighted by Crippen LogP contribution is -2.00. The molecular formula is C12H24O6P2. The number of allylic oxidation sites excluding steroid dienone is 3. The van der Waals surface area contributed by atoms with Gasteiger partial charge in [0.15, 0.2) is 0 Å². The van der Waals surface area contributed by atoms with Crippen molar-refractivity contribution in [3.63, 3.8) is 0 Å². The summed E-state index contributed by atoms with van der Waals surface area (Å²) in [5.74, 6) is -1.04. The molecule has 0 spiro atoms. The molecule has 0 aromatic carbocycles. The molecule has 0 fully saturated rings. The van der Waals surface area contributed by atoms with E-state index < -0.39 is 27.2 Å². The summed E-state index contributed by atoms with van der Waals surface area (Å²) in [5.41, 5.74) is 2.36. The molecule has 0 aromatic heterocycles. The first-order valence-corrected chi connectivity index (χ1v) is 10.1. The van der Waals surface area contributed by atoms with Gasteiger partial charge in [0.25, 0.3) is 0 Å². The van der Waals surface area contributed by atoms with Crippen molar-refractivity contribution in [1.29, 1.82) is 0 Å². The van der Waals surface area contributed by atoms with E-state index in [1.165, 1.54) is 5.57 Å². The zero-order valence-corrected chi connectivity index (χ0v) is 13.9. The van der Waals surface area contributed by atoms with Crippen LogP contribution in [-0.4, -0.2) is 33.5 Å². The predicted molar refractivity (Wildman–Crippen MR) is 80.0 cm³/mol. The van der Waals surface area contributed by atoms with Crippen molar-refractivity contribution in [2.45, 2.75) is 33.6 Å². The molecule has 0 aliphatic heterocycles. The minimum Gasteiger partial charge on any atom is -0.367 e. The zero-order valence-electron chi connectivity index (χ0n) is 12.2. The van der Waals surface area contributed by atoms with Gasteiger partial charge in [0.2, 0.25) is 7.37 Å². The molecule has 118 valence electrons. The van der Waals surface area contributed by atoms with Crippen molar-refractivity contribution in [2.24, 2.45) is 0 Å². The minimum absolute atomic E-state index is 0.159. The van der Waals surface area contributed by atoms with Gasteiger partial charge < -0.3 is 19.4 Å². The Morgan fingerprint density at radius 1 is 1.10 bits per heavy atom. The van der Waals surface area contributed by atoms with Gasteiger partial charge in [-0.25, -0.2) is 0 Å². The van der Waals surface area contributed by atoms with Gasteiger partial charge in [-0.15, -0.1) is 0 Å². The molecule has 1 atom stereocenters. The average molecular weight is 326 g/mol. The summed E-state index contributed by atoms with van der Waals surface area (Å²) in [5, 5.41) is 0. The third-order valence-corrected chi connectivity index (χ3v) is 6.17. The van der Waals surface area contributed by atoms with Gasteiger partial charge in [0, 0.05) is 0 Å². The fourth-order valence-corrected chi connectivity index (χ4v) is 4.44. The molecule has 20 heavy (non-hydrogen) atoms. The highest BCUT2D eigenvalue weighted by Crippen LogP contribution is 2.54. The summed E-state index contributed by atoms with van der Waals surface area (Å²) < 4.78 is 27.1. The summed E-state index contributed by atoms with van der Waals surface area (Å²) in [6.45, 7) is 6.16. The van der Waals surface area contributed by atoms with E-state index in [1.807, 2.05) is 20.8 Å². The molecule has 8 heteroatoms. The Bertz CT molecular complexity index is 445. The SMILES string of the molecule is CC(C)=CCCC(C)=CCOCP(=O)(O)CP(=O)(O)O. The summed E-state index contributed by atoms with van der Waals surface area (Å²) in [6.07, 6.45) is 5.20. The molecule has 0 bridgehead atoms. The van der Waals surface area contributed by atoms with Crippen molar-refractivity contribution >= 4 is 15.0 Å². The Morgan fingerprint density at radius 2 is 1.70 bits per heavy atom. The molecule has 6 nitrogen and oxygen atoms in total. The average Bonchev–Trinajstić information content (AvgIpc) is 2.20. The van der Waals surface area contributed by atoms with E-state index in [-0.39, 0.29) is 6.61 Å². The van der Waals surface area contributed by atoms with Gasteiger partial charge in [-0.3, -0.25) is 9.13 Å². The fourth-order valence-electron chi connectivity index (χ4n) is 1.42. The van der Waals surface area contributed by atoms with Crippen molar-refractivity contribution < 1.29 is 28.5 Å². The quantitative estimate of drug-likeness (QED) is 0.342. The van der Waals surface area contributed by atoms with Crippen LogP contribution in [0.4, 0.5) is 0 Å². The first-order chi connectivity index (χ1) is 9.02. The van der Waals surface area contributed by atoms with Crippen LogP contribution in [0.15, 0.2) is 23.3 Å². The highest BCUT2D eigenvalue weighted by molar-refractivity contribution is 7.72. The lowest BCUT2D eigenvalue weighted by Gasteiger charge is -2.12. The highest BCUT2D eigenvalue weighted by Gasteiger charge is 2.29. The number of hydrogen-bond donors (Lipinski definition) is 3. The van der Waals surface area contributed by atoms with Crippen LogP contribution < -0.4 is 0 Å². The lowest BCUT2D eigenvalue weighted by atomic mass is 10.1. The van der Waals surface area contributed by atoms with Crippen molar-refractivity contribution in [3.05, 3.63) is 23.3 Å². The lowest BCUT2D eigenvalue weighted by molar-refractivity contribution is 0.199. The Balaban J connectivity index is 4.03. The summed E-state index contributed by atoms with van der Waals surface area (Å²) >= 11 is 0. The molecule has 0 aliphatic carbocycles. The Hall–Kier alpha value is -0.220. The van der Waals surface area contributed by atoms with Crippen LogP contribution in [0.3, 0.4) is 0 Å². The molecule has 0 amide bonds. The van der Waals surface area contributed by atoms with Crippen molar-refractivity contribution in [3.8, 4) is 0 Å². The second kappa shape index (κ2) is 8.93. The summed E-state index contributed by atoms with van der Waals surface area (Å²) in [4.78, 5) is 26.6. The molecule has 0 saturated carbocycles. The molecule has 1 unspecified atom stereocenters. The third kappa shape index (κ3) is 12.8. The molecule has 0 heterocycles. The van der Waals surface area contributed by atoms with Crippen LogP contribution in [0.2, 0.25) is 0 Å². The van der Waals surface area contributed by atoms with Crippen LogP contribution in [0.25, 0.3) is 0 Å². The van der Waals surface area contributed by atoms with Gasteiger partial charge in [0.05, 0.1) is 6.61 Å². The molecule has 0 aromatic rings. The van der Waals surface area contributed by atoms with Gasteiger partial charge in [-0.1, -0.05) is 23.3 Å². The highest BCUT2D eigenvalue weighted by atomic mass is 31.2. The van der Waals surface area contributed by atoms with Crippen LogP contribution in [0.5, 0.6) is 0 Å². The van der Waals surface area contributed by atoms with E-state index in [1.54, 1.807) is 6.08 Å². The largest absolute Gasteiger partial charge is 0.367 e. The van der Waals surface area contributed by atoms with Crippen LogP contribution in [0, 0.1) is 0 Å². The fraction of sp³-hybridized carbons (Fsp3) is 0.667. The van der Waals surface area contributed by atoms with E-state index in [9.17, 15) is 14.0 Å². The second-order valence-corrected chi connectivity index (χ2v) is 9.43. The Kier molecular flexibility index (Phi) is 8.83. The van der Waals surface area contributed by atoms with Gasteiger partial charge in [-0.2, -0.15) is 0 Å². The van der Waals surface area contributed by atoms with Gasteiger partial charge >= 0.3 is 7.60 Å². The van der Waals surface area contributed by atoms with Gasteiger partial charge in [-0.05, 0) is 33.6 Å². The number of hydrogen-bond acceptors (Lipinski definition) is 3. The Labute approximate surface area is 120 Å². The van der Waals surface area contributed by atoms with Crippen LogP contribution in [0.1, 0.15) is 33.6 Å². The maximum absolute atomic E-state index is 11.4. The normalized spacial score (nSPS) is 15.8.